The molecule has 0 fully saturated rings. The first-order valence-electron chi connectivity index (χ1n) is 13.9. The van der Waals surface area contributed by atoms with Crippen molar-refractivity contribution >= 4 is 22.1 Å². The molecular formula is C33H38N6O2. The highest BCUT2D eigenvalue weighted by Gasteiger charge is 2.13. The summed E-state index contributed by atoms with van der Waals surface area (Å²) < 4.78 is 0. The topological polar surface area (TPSA) is 124 Å². The molecular weight excluding hydrogens is 512 g/mol. The number of phenolic OH excluding ortho intramolecular Hbond substituents is 2. The summed E-state index contributed by atoms with van der Waals surface area (Å²) in [6.45, 7) is 10.5. The van der Waals surface area contributed by atoms with Crippen LogP contribution in [0.1, 0.15) is 58.7 Å². The van der Waals surface area contributed by atoms with Gasteiger partial charge in [0, 0.05) is 6.42 Å². The van der Waals surface area contributed by atoms with E-state index in [0.717, 1.165) is 63.6 Å². The second-order valence-corrected chi connectivity index (χ2v) is 10.2. The number of unbranched alkanes of at least 4 members (excludes halogenated alkanes) is 1. The van der Waals surface area contributed by atoms with Gasteiger partial charge in [-0.2, -0.15) is 0 Å². The Morgan fingerprint density at radius 2 is 1.17 bits per heavy atom. The number of rotatable bonds is 5. The van der Waals surface area contributed by atoms with Gasteiger partial charge < -0.3 is 10.2 Å². The van der Waals surface area contributed by atoms with E-state index in [1.807, 2.05) is 37.3 Å². The van der Waals surface area contributed by atoms with E-state index in [9.17, 15) is 5.11 Å². The molecule has 0 atom stereocenters. The van der Waals surface area contributed by atoms with Crippen LogP contribution >= 0.6 is 0 Å². The molecule has 6 rings (SSSR count). The van der Waals surface area contributed by atoms with Gasteiger partial charge in [0.25, 0.3) is 0 Å². The Morgan fingerprint density at radius 3 is 1.66 bits per heavy atom. The maximum Gasteiger partial charge on any atom is 0.122 e. The molecule has 0 saturated carbocycles. The molecule has 2 aromatic heterocycles. The number of hydrogen-bond donors (Lipinski definition) is 4. The molecule has 41 heavy (non-hydrogen) atoms. The van der Waals surface area contributed by atoms with Gasteiger partial charge in [-0.05, 0) is 104 Å². The van der Waals surface area contributed by atoms with Crippen molar-refractivity contribution in [2.75, 3.05) is 0 Å². The molecule has 0 bridgehead atoms. The van der Waals surface area contributed by atoms with Gasteiger partial charge in [0.1, 0.15) is 22.5 Å². The molecule has 0 aliphatic carbocycles. The Morgan fingerprint density at radius 1 is 0.634 bits per heavy atom. The van der Waals surface area contributed by atoms with Crippen LogP contribution in [0.25, 0.3) is 22.1 Å². The standard InChI is InChI=1S/C14H22O.C13H10N6.C6H6O/c1-6-7-8-13-11(4)9(2)10(3)12(5)14(13)15;1-3-8(12-10(5-1)14-18-16-12)7-9-4-2-6-11-13(9)17-19-15-11;7-6-4-2-1-3-5-6/h15H,6-8H2,1-5H3;1-6H,7H2,(H,14,16,18)(H,15,17,19);1-5,7H. The Bertz CT molecular complexity index is 1620. The molecule has 4 N–H and O–H groups in total. The molecule has 0 aliphatic rings. The van der Waals surface area contributed by atoms with Gasteiger partial charge in [0.15, 0.2) is 0 Å². The molecule has 0 saturated heterocycles. The molecule has 0 amide bonds. The molecule has 6 aromatic rings. The van der Waals surface area contributed by atoms with Crippen LogP contribution < -0.4 is 0 Å². The van der Waals surface area contributed by atoms with Gasteiger partial charge in [-0.3, -0.25) is 10.2 Å². The molecule has 0 unspecified atom stereocenters. The average molecular weight is 551 g/mol. The van der Waals surface area contributed by atoms with Crippen molar-refractivity contribution in [1.29, 1.82) is 0 Å². The number of nitrogens with one attached hydrogen (secondary N) is 2. The molecule has 8 nitrogen and oxygen atoms in total. The highest BCUT2D eigenvalue weighted by Crippen LogP contribution is 2.32. The number of H-pyrrole nitrogens is 2. The SMILES string of the molecule is CCCCc1c(C)c(C)c(C)c(C)c1O.Oc1ccccc1.c1cc(Cc2cccc3[nH]nnc23)c2nn[nH]c2c1. The van der Waals surface area contributed by atoms with Crippen molar-refractivity contribution in [3.8, 4) is 11.5 Å². The number of aromatic amines is 2. The van der Waals surface area contributed by atoms with Gasteiger partial charge in [0.2, 0.25) is 0 Å². The fourth-order valence-electron chi connectivity index (χ4n) is 4.81. The van der Waals surface area contributed by atoms with E-state index in [4.69, 9.17) is 5.11 Å². The van der Waals surface area contributed by atoms with Crippen LogP contribution in [0.2, 0.25) is 0 Å². The van der Waals surface area contributed by atoms with Crippen LogP contribution in [0.15, 0.2) is 66.7 Å². The van der Waals surface area contributed by atoms with Gasteiger partial charge in [-0.15, -0.1) is 10.2 Å². The summed E-state index contributed by atoms with van der Waals surface area (Å²) in [5.74, 6) is 0.839. The molecule has 0 radical (unpaired) electrons. The zero-order valence-electron chi connectivity index (χ0n) is 24.4. The lowest BCUT2D eigenvalue weighted by Gasteiger charge is -2.16. The first-order valence-corrected chi connectivity index (χ1v) is 13.9. The zero-order valence-corrected chi connectivity index (χ0v) is 24.4. The molecule has 212 valence electrons. The van der Waals surface area contributed by atoms with Crippen LogP contribution in [-0.2, 0) is 12.8 Å². The molecule has 8 heteroatoms. The van der Waals surface area contributed by atoms with E-state index >= 15 is 0 Å². The van der Waals surface area contributed by atoms with Crippen molar-refractivity contribution in [2.45, 2.75) is 60.3 Å². The average Bonchev–Trinajstić information content (AvgIpc) is 3.67. The second-order valence-electron chi connectivity index (χ2n) is 10.2. The predicted octanol–water partition coefficient (Wildman–Crippen LogP) is 7.18. The van der Waals surface area contributed by atoms with Gasteiger partial charge >= 0.3 is 0 Å². The van der Waals surface area contributed by atoms with Crippen molar-refractivity contribution in [1.82, 2.24) is 30.8 Å². The fourth-order valence-corrected chi connectivity index (χ4v) is 4.81. The normalized spacial score (nSPS) is 10.7. The van der Waals surface area contributed by atoms with Crippen molar-refractivity contribution in [2.24, 2.45) is 0 Å². The molecule has 2 heterocycles. The van der Waals surface area contributed by atoms with Crippen LogP contribution in [-0.4, -0.2) is 41.0 Å². The highest BCUT2D eigenvalue weighted by molar-refractivity contribution is 5.81. The third-order valence-electron chi connectivity index (χ3n) is 7.58. The quantitative estimate of drug-likeness (QED) is 0.180. The van der Waals surface area contributed by atoms with Crippen molar-refractivity contribution in [3.63, 3.8) is 0 Å². The maximum atomic E-state index is 10.1. The minimum atomic E-state index is 0.322. The van der Waals surface area contributed by atoms with E-state index in [1.54, 1.807) is 24.3 Å². The van der Waals surface area contributed by atoms with Crippen molar-refractivity contribution < 1.29 is 10.2 Å². The van der Waals surface area contributed by atoms with Crippen LogP contribution in [0, 0.1) is 27.7 Å². The Kier molecular flexibility index (Phi) is 9.68. The Labute approximate surface area is 240 Å². The number of hydrogen-bond acceptors (Lipinski definition) is 6. The zero-order chi connectivity index (χ0) is 29.4. The Balaban J connectivity index is 0.000000157. The van der Waals surface area contributed by atoms with E-state index < -0.39 is 0 Å². The summed E-state index contributed by atoms with van der Waals surface area (Å²) in [6.07, 6.45) is 4.07. The summed E-state index contributed by atoms with van der Waals surface area (Å²) in [5, 5.41) is 40.5. The first kappa shape index (κ1) is 29.3. The number of nitrogens with zero attached hydrogens (tertiary/aromatic N) is 4. The third-order valence-corrected chi connectivity index (χ3v) is 7.58. The lowest BCUT2D eigenvalue weighted by Crippen LogP contribution is -1.99. The summed E-state index contributed by atoms with van der Waals surface area (Å²) in [7, 11) is 0. The number of benzene rings is 4. The monoisotopic (exact) mass is 550 g/mol. The largest absolute Gasteiger partial charge is 0.508 e. The summed E-state index contributed by atoms with van der Waals surface area (Å²) in [6, 6.07) is 20.8. The Hall–Kier alpha value is -4.72. The summed E-state index contributed by atoms with van der Waals surface area (Å²) in [5.41, 5.74) is 12.0. The fraction of sp³-hybridized carbons (Fsp3) is 0.273. The van der Waals surface area contributed by atoms with Gasteiger partial charge in [-0.25, -0.2) is 0 Å². The second kappa shape index (κ2) is 13.6. The van der Waals surface area contributed by atoms with Gasteiger partial charge in [0.05, 0.1) is 11.0 Å². The van der Waals surface area contributed by atoms with Crippen molar-refractivity contribution in [3.05, 3.63) is 106 Å². The smallest absolute Gasteiger partial charge is 0.122 e. The van der Waals surface area contributed by atoms with E-state index in [1.165, 1.54) is 23.1 Å². The number of phenols is 2. The molecule has 4 aromatic carbocycles. The molecule has 0 spiro atoms. The van der Waals surface area contributed by atoms with Crippen LogP contribution in [0.3, 0.4) is 0 Å². The van der Waals surface area contributed by atoms with Crippen LogP contribution in [0.4, 0.5) is 0 Å². The predicted molar refractivity (Wildman–Crippen MR) is 164 cm³/mol. The minimum Gasteiger partial charge on any atom is -0.508 e. The van der Waals surface area contributed by atoms with Gasteiger partial charge in [-0.1, -0.05) is 66.2 Å². The minimum absolute atomic E-state index is 0.322. The van der Waals surface area contributed by atoms with Crippen LogP contribution in [0.5, 0.6) is 11.5 Å². The number of aromatic nitrogens is 6. The maximum absolute atomic E-state index is 10.1. The van der Waals surface area contributed by atoms with E-state index in [0.29, 0.717) is 11.5 Å². The number of para-hydroxylation sites is 1. The summed E-state index contributed by atoms with van der Waals surface area (Å²) in [4.78, 5) is 0. The number of fused-ring (bicyclic) bond motifs is 2. The lowest BCUT2D eigenvalue weighted by molar-refractivity contribution is 0.461. The van der Waals surface area contributed by atoms with E-state index in [2.05, 4.69) is 70.6 Å². The third kappa shape index (κ3) is 6.90. The van der Waals surface area contributed by atoms with E-state index in [-0.39, 0.29) is 0 Å². The first-order chi connectivity index (χ1) is 19.8. The lowest BCUT2D eigenvalue weighted by atomic mass is 9.91. The molecule has 0 aliphatic heterocycles. The highest BCUT2D eigenvalue weighted by atomic mass is 16.3. The number of aromatic hydroxyl groups is 2. The summed E-state index contributed by atoms with van der Waals surface area (Å²) >= 11 is 0.